The highest BCUT2D eigenvalue weighted by molar-refractivity contribution is 5.84. The van der Waals surface area contributed by atoms with Crippen molar-refractivity contribution >= 4 is 18.1 Å². The van der Waals surface area contributed by atoms with Crippen LogP contribution in [-0.2, 0) is 5.41 Å². The van der Waals surface area contributed by atoms with Crippen LogP contribution in [-0.4, -0.2) is 27.7 Å². The summed E-state index contributed by atoms with van der Waals surface area (Å²) >= 11 is 0. The van der Waals surface area contributed by atoms with Crippen molar-refractivity contribution < 1.29 is 14.6 Å². The van der Waals surface area contributed by atoms with Crippen LogP contribution in [0.5, 0.6) is 5.75 Å². The van der Waals surface area contributed by atoms with Gasteiger partial charge in [-0.2, -0.15) is 0 Å². The zero-order chi connectivity index (χ0) is 15.7. The van der Waals surface area contributed by atoms with Gasteiger partial charge in [-0.05, 0) is 35.6 Å². The summed E-state index contributed by atoms with van der Waals surface area (Å²) in [7, 11) is 0. The van der Waals surface area contributed by atoms with Gasteiger partial charge >= 0.3 is 5.97 Å². The number of aromatic nitrogens is 2. The Labute approximate surface area is 128 Å². The fourth-order valence-corrected chi connectivity index (χ4v) is 2.57. The molecule has 1 aliphatic heterocycles. The molecule has 0 saturated heterocycles. The first-order valence-corrected chi connectivity index (χ1v) is 7.19. The zero-order valence-corrected chi connectivity index (χ0v) is 12.6. The Morgan fingerprint density at radius 1 is 1.41 bits per heavy atom. The van der Waals surface area contributed by atoms with E-state index in [4.69, 9.17) is 9.84 Å². The predicted molar refractivity (Wildman–Crippen MR) is 84.1 cm³/mol. The van der Waals surface area contributed by atoms with Gasteiger partial charge in [-0.15, -0.1) is 0 Å². The molecule has 114 valence electrons. The van der Waals surface area contributed by atoms with Gasteiger partial charge in [0.05, 0.1) is 18.5 Å². The number of imidazole rings is 1. The van der Waals surface area contributed by atoms with Crippen LogP contribution in [0.2, 0.25) is 0 Å². The van der Waals surface area contributed by atoms with Gasteiger partial charge in [-0.1, -0.05) is 26.0 Å². The molecular weight excluding hydrogens is 280 g/mol. The lowest BCUT2D eigenvalue weighted by Crippen LogP contribution is -2.26. The summed E-state index contributed by atoms with van der Waals surface area (Å²) in [5.74, 6) is -0.171. The van der Waals surface area contributed by atoms with Gasteiger partial charge in [0, 0.05) is 5.56 Å². The number of ether oxygens (including phenoxy) is 1. The van der Waals surface area contributed by atoms with Gasteiger partial charge in [0.2, 0.25) is 5.82 Å². The quantitative estimate of drug-likeness (QED) is 0.911. The topological polar surface area (TPSA) is 75.2 Å². The third kappa shape index (κ3) is 2.74. The molecule has 0 fully saturated rings. The van der Waals surface area contributed by atoms with Crippen LogP contribution in [0.15, 0.2) is 24.4 Å². The smallest absolute Gasteiger partial charge is 0.371 e. The average Bonchev–Trinajstić information content (AvgIpc) is 2.94. The summed E-state index contributed by atoms with van der Waals surface area (Å²) in [6.07, 6.45) is 6.25. The van der Waals surface area contributed by atoms with Gasteiger partial charge in [-0.25, -0.2) is 9.78 Å². The number of nitrogens with one attached hydrogen (secondary N) is 1. The van der Waals surface area contributed by atoms with E-state index in [2.05, 4.69) is 29.9 Å². The van der Waals surface area contributed by atoms with E-state index in [1.54, 1.807) is 0 Å². The van der Waals surface area contributed by atoms with E-state index in [9.17, 15) is 4.79 Å². The van der Waals surface area contributed by atoms with Crippen LogP contribution in [0.1, 0.15) is 47.7 Å². The van der Waals surface area contributed by atoms with Crippen LogP contribution in [0.3, 0.4) is 0 Å². The Bertz CT molecular complexity index is 744. The molecule has 1 aliphatic rings. The van der Waals surface area contributed by atoms with Crippen molar-refractivity contribution in [1.82, 2.24) is 9.97 Å². The summed E-state index contributed by atoms with van der Waals surface area (Å²) < 4.78 is 5.70. The van der Waals surface area contributed by atoms with E-state index in [-0.39, 0.29) is 11.2 Å². The Morgan fingerprint density at radius 2 is 2.23 bits per heavy atom. The van der Waals surface area contributed by atoms with Crippen LogP contribution >= 0.6 is 0 Å². The molecule has 0 radical (unpaired) electrons. The molecule has 0 atom stereocenters. The first kappa shape index (κ1) is 14.4. The summed E-state index contributed by atoms with van der Waals surface area (Å²) in [5, 5.41) is 8.84. The number of rotatable bonds is 3. The van der Waals surface area contributed by atoms with Gasteiger partial charge in [0.15, 0.2) is 0 Å². The summed E-state index contributed by atoms with van der Waals surface area (Å²) in [6.45, 7) is 5.19. The molecule has 0 saturated carbocycles. The molecule has 22 heavy (non-hydrogen) atoms. The lowest BCUT2D eigenvalue weighted by Gasteiger charge is -2.32. The zero-order valence-electron chi connectivity index (χ0n) is 12.6. The van der Waals surface area contributed by atoms with E-state index >= 15 is 0 Å². The molecule has 0 amide bonds. The van der Waals surface area contributed by atoms with Crippen molar-refractivity contribution in [3.05, 3.63) is 47.0 Å². The third-order valence-electron chi connectivity index (χ3n) is 3.97. The molecule has 0 spiro atoms. The first-order chi connectivity index (χ1) is 10.5. The monoisotopic (exact) mass is 298 g/mol. The molecule has 0 bridgehead atoms. The standard InChI is InChI=1S/C17H18N2O3/c1-17(2)7-8-22-14-6-4-11(9-13(14)17)3-5-12-10-18-15(19-12)16(20)21/h3-6,9-10H,7-8H2,1-2H3,(H,18,19)(H,20,21). The van der Waals surface area contributed by atoms with E-state index in [0.717, 1.165) is 24.3 Å². The second kappa shape index (κ2) is 5.33. The molecule has 0 aliphatic carbocycles. The fraction of sp³-hybridized carbons (Fsp3) is 0.294. The van der Waals surface area contributed by atoms with Crippen molar-refractivity contribution in [2.45, 2.75) is 25.7 Å². The van der Waals surface area contributed by atoms with Crippen molar-refractivity contribution in [2.75, 3.05) is 6.61 Å². The van der Waals surface area contributed by atoms with Crippen LogP contribution < -0.4 is 4.74 Å². The highest BCUT2D eigenvalue weighted by Gasteiger charge is 2.28. The lowest BCUT2D eigenvalue weighted by atomic mass is 9.79. The number of aromatic amines is 1. The summed E-state index contributed by atoms with van der Waals surface area (Å²) in [5.41, 5.74) is 3.01. The number of hydrogen-bond acceptors (Lipinski definition) is 3. The molecule has 2 heterocycles. The molecular formula is C17H18N2O3. The Kier molecular flexibility index (Phi) is 3.48. The van der Waals surface area contributed by atoms with Crippen molar-refractivity contribution in [2.24, 2.45) is 0 Å². The maximum atomic E-state index is 10.8. The summed E-state index contributed by atoms with van der Waals surface area (Å²) in [6, 6.07) is 6.11. The minimum Gasteiger partial charge on any atom is -0.493 e. The van der Waals surface area contributed by atoms with Crippen LogP contribution in [0.25, 0.3) is 12.2 Å². The van der Waals surface area contributed by atoms with Crippen LogP contribution in [0, 0.1) is 0 Å². The second-order valence-electron chi connectivity index (χ2n) is 6.06. The van der Waals surface area contributed by atoms with Gasteiger partial charge < -0.3 is 14.8 Å². The molecule has 1 aromatic carbocycles. The maximum Gasteiger partial charge on any atom is 0.371 e. The highest BCUT2D eigenvalue weighted by atomic mass is 16.5. The Hall–Kier alpha value is -2.56. The Morgan fingerprint density at radius 3 is 2.95 bits per heavy atom. The second-order valence-corrected chi connectivity index (χ2v) is 6.06. The maximum absolute atomic E-state index is 10.8. The Balaban J connectivity index is 1.86. The predicted octanol–water partition coefficient (Wildman–Crippen LogP) is 3.34. The van der Waals surface area contributed by atoms with Gasteiger partial charge in [-0.3, -0.25) is 0 Å². The van der Waals surface area contributed by atoms with Crippen molar-refractivity contribution in [3.63, 3.8) is 0 Å². The average molecular weight is 298 g/mol. The van der Waals surface area contributed by atoms with Gasteiger partial charge in [0.25, 0.3) is 0 Å². The van der Waals surface area contributed by atoms with Crippen LogP contribution in [0.4, 0.5) is 0 Å². The van der Waals surface area contributed by atoms with Gasteiger partial charge in [0.1, 0.15) is 5.75 Å². The van der Waals surface area contributed by atoms with E-state index in [0.29, 0.717) is 5.69 Å². The number of carbonyl (C=O) groups is 1. The van der Waals surface area contributed by atoms with E-state index in [1.807, 2.05) is 24.3 Å². The normalized spacial score (nSPS) is 16.3. The number of H-pyrrole nitrogens is 1. The molecule has 0 unspecified atom stereocenters. The number of carboxylic acids is 1. The molecule has 2 N–H and O–H groups in total. The summed E-state index contributed by atoms with van der Waals surface area (Å²) in [4.78, 5) is 17.3. The SMILES string of the molecule is CC1(C)CCOc2ccc(C=Cc3cnc(C(=O)O)[nH]3)cc21. The molecule has 1 aromatic heterocycles. The number of nitrogens with zero attached hydrogens (tertiary/aromatic N) is 1. The number of carboxylic acid groups (broad SMARTS) is 1. The van der Waals surface area contributed by atoms with E-state index in [1.165, 1.54) is 11.8 Å². The fourth-order valence-electron chi connectivity index (χ4n) is 2.57. The number of hydrogen-bond donors (Lipinski definition) is 2. The van der Waals surface area contributed by atoms with E-state index < -0.39 is 5.97 Å². The largest absolute Gasteiger partial charge is 0.493 e. The minimum absolute atomic E-state index is 0.0559. The number of benzene rings is 1. The molecule has 5 nitrogen and oxygen atoms in total. The lowest BCUT2D eigenvalue weighted by molar-refractivity contribution is 0.0684. The highest BCUT2D eigenvalue weighted by Crippen LogP contribution is 2.38. The van der Waals surface area contributed by atoms with Crippen molar-refractivity contribution in [1.29, 1.82) is 0 Å². The molecule has 2 aromatic rings. The molecule has 5 heteroatoms. The van der Waals surface area contributed by atoms with Crippen molar-refractivity contribution in [3.8, 4) is 5.75 Å². The number of fused-ring (bicyclic) bond motifs is 1. The minimum atomic E-state index is -1.06. The third-order valence-corrected chi connectivity index (χ3v) is 3.97. The first-order valence-electron chi connectivity index (χ1n) is 7.19. The number of aromatic carboxylic acids is 1. The molecule has 3 rings (SSSR count).